The molecule has 0 aliphatic heterocycles. The smallest absolute Gasteiger partial charge is 0.324 e. The minimum absolute atomic E-state index is 0.0125. The molecule has 0 aliphatic rings. The molecular formula is C19H31BrN4O8. The molecule has 13 heteroatoms. The van der Waals surface area contributed by atoms with Crippen LogP contribution in [0.3, 0.4) is 0 Å². The Balaban J connectivity index is 4.44. The van der Waals surface area contributed by atoms with E-state index in [1.165, 1.54) is 20.8 Å². The van der Waals surface area contributed by atoms with Gasteiger partial charge < -0.3 is 30.3 Å². The fourth-order valence-corrected chi connectivity index (χ4v) is 2.81. The second-order valence-corrected chi connectivity index (χ2v) is 7.68. The molecule has 12 nitrogen and oxygen atoms in total. The third-order valence-corrected chi connectivity index (χ3v) is 5.75. The summed E-state index contributed by atoms with van der Waals surface area (Å²) < 4.78 is 10.4. The second kappa shape index (κ2) is 16.0. The summed E-state index contributed by atoms with van der Waals surface area (Å²) in [5.74, 6) is -1.46. The van der Waals surface area contributed by atoms with Gasteiger partial charge in [0, 0.05) is 5.33 Å². The molecular weight excluding hydrogens is 492 g/mol. The van der Waals surface area contributed by atoms with Crippen LogP contribution in [0.25, 0.3) is 0 Å². The number of ether oxygens (including phenoxy) is 2. The van der Waals surface area contributed by atoms with Gasteiger partial charge in [0.25, 0.3) is 0 Å². The van der Waals surface area contributed by atoms with Crippen molar-refractivity contribution in [3.63, 3.8) is 0 Å². The predicted octanol–water partition coefficient (Wildman–Crippen LogP) is 3.18. The zero-order chi connectivity index (χ0) is 24.6. The molecule has 1 atom stereocenters. The summed E-state index contributed by atoms with van der Waals surface area (Å²) in [5.41, 5.74) is -0.686. The van der Waals surface area contributed by atoms with Crippen molar-refractivity contribution >= 4 is 50.7 Å². The van der Waals surface area contributed by atoms with Crippen molar-refractivity contribution in [1.29, 1.82) is 0 Å². The number of alkyl halides is 1. The molecule has 0 bridgehead atoms. The molecule has 0 rings (SSSR count). The lowest BCUT2D eigenvalue weighted by molar-refractivity contribution is -0.169. The highest BCUT2D eigenvalue weighted by Crippen LogP contribution is 2.24. The van der Waals surface area contributed by atoms with E-state index in [-0.39, 0.29) is 41.4 Å². The third-order valence-electron chi connectivity index (χ3n) is 4.63. The molecule has 0 saturated heterocycles. The maximum absolute atomic E-state index is 12.4. The Kier molecular flexibility index (Phi) is 14.7. The Morgan fingerprint density at radius 3 is 1.41 bits per heavy atom. The summed E-state index contributed by atoms with van der Waals surface area (Å²) in [6.45, 7) is 4.51. The van der Waals surface area contributed by atoms with E-state index in [2.05, 4.69) is 36.6 Å². The van der Waals surface area contributed by atoms with Crippen molar-refractivity contribution in [2.75, 3.05) is 18.5 Å². The van der Waals surface area contributed by atoms with Crippen molar-refractivity contribution < 1.29 is 39.9 Å². The van der Waals surface area contributed by atoms with E-state index in [1.807, 2.05) is 0 Å². The number of esters is 2. The first kappa shape index (κ1) is 29.3. The molecule has 1 unspecified atom stereocenters. The molecule has 0 aliphatic carbocycles. The van der Waals surface area contributed by atoms with E-state index >= 15 is 0 Å². The number of carbonyl (C=O) groups is 2. The molecule has 4 N–H and O–H groups in total. The zero-order valence-corrected chi connectivity index (χ0v) is 20.0. The molecule has 182 valence electrons. The van der Waals surface area contributed by atoms with Gasteiger partial charge >= 0.3 is 11.9 Å². The molecule has 0 aromatic heterocycles. The minimum atomic E-state index is -1.52. The van der Waals surface area contributed by atoms with Crippen LogP contribution < -0.4 is 0 Å². The Hall–Kier alpha value is -2.70. The maximum atomic E-state index is 12.4. The lowest BCUT2D eigenvalue weighted by Crippen LogP contribution is -2.41. The maximum Gasteiger partial charge on any atom is 0.324 e. The highest BCUT2D eigenvalue weighted by atomic mass is 79.9. The van der Waals surface area contributed by atoms with E-state index in [0.717, 1.165) is 0 Å². The number of oxime groups is 4. The highest BCUT2D eigenvalue weighted by Gasteiger charge is 2.43. The standard InChI is InChI=1S/C19H31BrN4O8/c1-13(21-27)15(23-29)8-4-6-10-31-17(25)19(3,12-20)18(26)32-11-7-5-9-16(24-30)14(2)22-28/h27-30H,4-12H2,1-3H3/b21-13+,22-14+,23-15-,24-16+. The van der Waals surface area contributed by atoms with Crippen LogP contribution in [0.4, 0.5) is 0 Å². The van der Waals surface area contributed by atoms with E-state index in [4.69, 9.17) is 30.3 Å². The average Bonchev–Trinajstić information content (AvgIpc) is 2.81. The van der Waals surface area contributed by atoms with Crippen LogP contribution in [0.2, 0.25) is 0 Å². The summed E-state index contributed by atoms with van der Waals surface area (Å²) in [6, 6.07) is 0. The van der Waals surface area contributed by atoms with Crippen molar-refractivity contribution in [1.82, 2.24) is 0 Å². The first-order valence-electron chi connectivity index (χ1n) is 9.92. The average molecular weight is 523 g/mol. The number of hydrogen-bond donors (Lipinski definition) is 4. The number of halogens is 1. The number of hydrogen-bond acceptors (Lipinski definition) is 12. The lowest BCUT2D eigenvalue weighted by atomic mass is 9.94. The van der Waals surface area contributed by atoms with Gasteiger partial charge in [-0.25, -0.2) is 0 Å². The first-order valence-corrected chi connectivity index (χ1v) is 11.0. The Bertz CT molecular complexity index is 681. The van der Waals surface area contributed by atoms with Gasteiger partial charge in [-0.3, -0.25) is 9.59 Å². The van der Waals surface area contributed by atoms with Crippen molar-refractivity contribution in [3.8, 4) is 0 Å². The van der Waals surface area contributed by atoms with Crippen LogP contribution in [0.5, 0.6) is 0 Å². The Labute approximate surface area is 194 Å². The summed E-state index contributed by atoms with van der Waals surface area (Å²) in [5, 5.41) is 47.2. The summed E-state index contributed by atoms with van der Waals surface area (Å²) >= 11 is 3.16. The van der Waals surface area contributed by atoms with Crippen molar-refractivity contribution in [2.45, 2.75) is 59.3 Å². The Morgan fingerprint density at radius 2 is 1.12 bits per heavy atom. The molecule has 0 heterocycles. The van der Waals surface area contributed by atoms with Gasteiger partial charge in [0.1, 0.15) is 22.8 Å². The quantitative estimate of drug-likeness (QED) is 0.0480. The number of unbranched alkanes of at least 4 members (excludes halogenated alkanes) is 2. The van der Waals surface area contributed by atoms with E-state index in [9.17, 15) is 9.59 Å². The van der Waals surface area contributed by atoms with Crippen LogP contribution >= 0.6 is 15.9 Å². The molecule has 0 saturated carbocycles. The van der Waals surface area contributed by atoms with Gasteiger partial charge in [0.05, 0.1) is 13.2 Å². The Morgan fingerprint density at radius 1 is 0.750 bits per heavy atom. The van der Waals surface area contributed by atoms with Crippen LogP contribution in [0, 0.1) is 5.41 Å². The molecule has 32 heavy (non-hydrogen) atoms. The van der Waals surface area contributed by atoms with Crippen LogP contribution in [-0.2, 0) is 19.1 Å². The molecule has 0 spiro atoms. The summed E-state index contributed by atoms with van der Waals surface area (Å²) in [7, 11) is 0. The van der Waals surface area contributed by atoms with E-state index in [1.54, 1.807) is 0 Å². The van der Waals surface area contributed by atoms with Crippen LogP contribution in [0.1, 0.15) is 59.3 Å². The molecule has 0 fully saturated rings. The topological polar surface area (TPSA) is 183 Å². The normalized spacial score (nSPS) is 15.2. The van der Waals surface area contributed by atoms with Crippen molar-refractivity contribution in [2.24, 2.45) is 26.0 Å². The number of carbonyl (C=O) groups excluding carboxylic acids is 2. The van der Waals surface area contributed by atoms with Gasteiger partial charge in [-0.05, 0) is 59.3 Å². The predicted molar refractivity (Wildman–Crippen MR) is 120 cm³/mol. The van der Waals surface area contributed by atoms with E-state index < -0.39 is 17.4 Å². The monoisotopic (exact) mass is 522 g/mol. The van der Waals surface area contributed by atoms with Crippen LogP contribution in [0.15, 0.2) is 20.6 Å². The second-order valence-electron chi connectivity index (χ2n) is 7.12. The summed E-state index contributed by atoms with van der Waals surface area (Å²) in [4.78, 5) is 24.8. The molecule has 0 amide bonds. The van der Waals surface area contributed by atoms with Gasteiger partial charge in [0.15, 0.2) is 5.41 Å². The molecule has 0 radical (unpaired) electrons. The van der Waals surface area contributed by atoms with Crippen LogP contribution in [-0.4, -0.2) is 74.2 Å². The first-order chi connectivity index (χ1) is 15.2. The fraction of sp³-hybridized carbons (Fsp3) is 0.684. The SMILES string of the molecule is CC(=N\O)/C(CCCCOC(=O)C(C)(CBr)C(=O)OCCCCC(=N\O)/C(C)=N/O)=N\O. The summed E-state index contributed by atoms with van der Waals surface area (Å²) in [6.07, 6.45) is 2.57. The van der Waals surface area contributed by atoms with Gasteiger partial charge in [-0.1, -0.05) is 36.6 Å². The molecule has 0 aromatic rings. The van der Waals surface area contributed by atoms with Gasteiger partial charge in [-0.15, -0.1) is 0 Å². The fourth-order valence-electron chi connectivity index (χ4n) is 2.35. The minimum Gasteiger partial charge on any atom is -0.465 e. The van der Waals surface area contributed by atoms with Gasteiger partial charge in [-0.2, -0.15) is 0 Å². The van der Waals surface area contributed by atoms with Crippen molar-refractivity contribution in [3.05, 3.63) is 0 Å². The number of nitrogens with zero attached hydrogens (tertiary/aromatic N) is 4. The van der Waals surface area contributed by atoms with Gasteiger partial charge in [0.2, 0.25) is 0 Å². The largest absolute Gasteiger partial charge is 0.465 e. The molecule has 0 aromatic carbocycles. The third kappa shape index (κ3) is 9.62. The van der Waals surface area contributed by atoms with E-state index in [0.29, 0.717) is 38.5 Å². The number of rotatable bonds is 15. The highest BCUT2D eigenvalue weighted by molar-refractivity contribution is 9.09. The zero-order valence-electron chi connectivity index (χ0n) is 18.5. The lowest BCUT2D eigenvalue weighted by Gasteiger charge is -2.23.